The molecule has 4 nitrogen and oxygen atoms in total. The Morgan fingerprint density at radius 2 is 1.56 bits per heavy atom. The van der Waals surface area contributed by atoms with E-state index in [0.29, 0.717) is 6.42 Å². The van der Waals surface area contributed by atoms with Crippen LogP contribution in [0.2, 0.25) is 36.3 Å². The Morgan fingerprint density at radius 1 is 0.930 bits per heavy atom. The minimum absolute atomic E-state index is 0.136. The van der Waals surface area contributed by atoms with Gasteiger partial charge in [-0.2, -0.15) is 0 Å². The molecular weight excluding hydrogens is 565 g/mol. The molecule has 43 heavy (non-hydrogen) atoms. The van der Waals surface area contributed by atoms with E-state index in [2.05, 4.69) is 117 Å². The molecule has 0 amide bonds. The van der Waals surface area contributed by atoms with E-state index in [0.717, 1.165) is 32.1 Å². The number of benzene rings is 1. The molecule has 3 atom stereocenters. The van der Waals surface area contributed by atoms with Crippen molar-refractivity contribution in [1.82, 2.24) is 0 Å². The molecule has 0 aliphatic heterocycles. The van der Waals surface area contributed by atoms with E-state index < -0.39 is 16.6 Å². The third kappa shape index (κ3) is 11.1. The molecule has 1 aliphatic rings. The fourth-order valence-electron chi connectivity index (χ4n) is 5.21. The number of ether oxygens (including phenoxy) is 1. The van der Waals surface area contributed by atoms with E-state index in [4.69, 9.17) is 13.6 Å². The Hall–Kier alpha value is -1.48. The fraction of sp³-hybridized carbons (Fsp3) is 0.703. The Morgan fingerprint density at radius 3 is 2.12 bits per heavy atom. The summed E-state index contributed by atoms with van der Waals surface area (Å²) in [6.07, 6.45) is 16.0. The highest BCUT2D eigenvalue weighted by Gasteiger charge is 2.43. The van der Waals surface area contributed by atoms with Gasteiger partial charge in [-0.05, 0) is 79.5 Å². The average Bonchev–Trinajstić information content (AvgIpc) is 3.30. The first-order valence-electron chi connectivity index (χ1n) is 16.8. The molecule has 0 aromatic heterocycles. The van der Waals surface area contributed by atoms with Gasteiger partial charge in [0.2, 0.25) is 0 Å². The van der Waals surface area contributed by atoms with Gasteiger partial charge >= 0.3 is 5.97 Å². The summed E-state index contributed by atoms with van der Waals surface area (Å²) in [5.74, 6) is 0.117. The molecule has 0 fully saturated rings. The quantitative estimate of drug-likeness (QED) is 0.0790. The molecule has 244 valence electrons. The van der Waals surface area contributed by atoms with Crippen molar-refractivity contribution in [3.05, 3.63) is 59.2 Å². The maximum atomic E-state index is 11.4. The first-order valence-corrected chi connectivity index (χ1v) is 22.6. The van der Waals surface area contributed by atoms with Gasteiger partial charge in [-0.25, -0.2) is 0 Å². The van der Waals surface area contributed by atoms with Crippen molar-refractivity contribution >= 4 is 22.6 Å². The van der Waals surface area contributed by atoms with E-state index in [-0.39, 0.29) is 34.2 Å². The lowest BCUT2D eigenvalue weighted by Gasteiger charge is -2.40. The van der Waals surface area contributed by atoms with E-state index in [9.17, 15) is 4.79 Å². The van der Waals surface area contributed by atoms with Gasteiger partial charge in [0, 0.05) is 12.3 Å². The second kappa shape index (κ2) is 16.2. The van der Waals surface area contributed by atoms with E-state index in [1.54, 1.807) is 0 Å². The molecule has 0 N–H and O–H groups in total. The standard InChI is InChI=1S/C37H64O4Si2/c1-13-14-17-21-32(40-42(9,10)36(2,3)4)29-23-25-31(26-24-29)35-30(20-18-15-16-19-22-34(38)39-8)27-28-33(35)41-43(11,12)37(5,6)7/h15,18,23-27,32-33,35H,13-14,16-17,19-22,28H2,1-12H3/b18-15-/t32?,33-,35-/m1/s1. The van der Waals surface area contributed by atoms with Crippen LogP contribution in [-0.2, 0) is 18.4 Å². The summed E-state index contributed by atoms with van der Waals surface area (Å²) in [5, 5.41) is 0.344. The summed E-state index contributed by atoms with van der Waals surface area (Å²) >= 11 is 0. The number of rotatable bonds is 16. The van der Waals surface area contributed by atoms with Crippen molar-refractivity contribution in [2.45, 2.75) is 161 Å². The smallest absolute Gasteiger partial charge is 0.305 e. The number of esters is 1. The van der Waals surface area contributed by atoms with E-state index >= 15 is 0 Å². The minimum Gasteiger partial charge on any atom is -0.469 e. The van der Waals surface area contributed by atoms with Crippen molar-refractivity contribution in [2.75, 3.05) is 7.11 Å². The number of hydrogen-bond acceptors (Lipinski definition) is 4. The molecule has 0 spiro atoms. The van der Waals surface area contributed by atoms with Crippen LogP contribution in [0.1, 0.15) is 129 Å². The molecule has 1 aliphatic carbocycles. The van der Waals surface area contributed by atoms with Crippen LogP contribution in [0.3, 0.4) is 0 Å². The molecule has 0 saturated carbocycles. The Kier molecular flexibility index (Phi) is 14.2. The molecule has 0 heterocycles. The van der Waals surface area contributed by atoms with Crippen LogP contribution in [0.15, 0.2) is 48.1 Å². The number of carbonyl (C=O) groups is 1. The van der Waals surface area contributed by atoms with Crippen molar-refractivity contribution in [2.24, 2.45) is 0 Å². The SMILES string of the molecule is CCCCCC(O[Si](C)(C)C(C)(C)C)c1ccc([C@H]2C(C/C=C\CCCC(=O)OC)=CC[C@H]2O[Si](C)(C)C(C)(C)C)cc1. The van der Waals surface area contributed by atoms with Gasteiger partial charge in [-0.3, -0.25) is 4.79 Å². The van der Waals surface area contributed by atoms with Gasteiger partial charge in [0.15, 0.2) is 16.6 Å². The molecule has 0 radical (unpaired) electrons. The first kappa shape index (κ1) is 37.7. The van der Waals surface area contributed by atoms with Crippen LogP contribution in [0.4, 0.5) is 0 Å². The van der Waals surface area contributed by atoms with Gasteiger partial charge in [0.05, 0.1) is 19.3 Å². The zero-order valence-corrected chi connectivity index (χ0v) is 31.8. The van der Waals surface area contributed by atoms with E-state index in [1.165, 1.54) is 43.1 Å². The second-order valence-corrected chi connectivity index (χ2v) is 25.1. The zero-order chi connectivity index (χ0) is 32.5. The largest absolute Gasteiger partial charge is 0.469 e. The first-order chi connectivity index (χ1) is 19.9. The number of carbonyl (C=O) groups excluding carboxylic acids is 1. The minimum atomic E-state index is -1.94. The Balaban J connectivity index is 2.32. The molecule has 0 bridgehead atoms. The molecule has 0 saturated heterocycles. The molecule has 1 unspecified atom stereocenters. The van der Waals surface area contributed by atoms with Crippen molar-refractivity contribution in [3.63, 3.8) is 0 Å². The number of allylic oxidation sites excluding steroid dienone is 2. The number of methoxy groups -OCH3 is 1. The van der Waals surface area contributed by atoms with Crippen LogP contribution < -0.4 is 0 Å². The van der Waals surface area contributed by atoms with Crippen LogP contribution in [0, 0.1) is 0 Å². The highest BCUT2D eigenvalue weighted by atomic mass is 28.4. The molecule has 2 rings (SSSR count). The Bertz CT molecular complexity index is 1060. The van der Waals surface area contributed by atoms with Crippen LogP contribution in [-0.4, -0.2) is 35.8 Å². The summed E-state index contributed by atoms with van der Waals surface area (Å²) in [4.78, 5) is 11.4. The highest BCUT2D eigenvalue weighted by Crippen LogP contribution is 2.46. The van der Waals surface area contributed by atoms with Crippen LogP contribution >= 0.6 is 0 Å². The summed E-state index contributed by atoms with van der Waals surface area (Å²) < 4.78 is 18.9. The van der Waals surface area contributed by atoms with Gasteiger partial charge in [0.25, 0.3) is 0 Å². The summed E-state index contributed by atoms with van der Waals surface area (Å²) in [6, 6.07) is 9.37. The molecular formula is C37H64O4Si2. The second-order valence-electron chi connectivity index (χ2n) is 15.6. The Labute approximate surface area is 267 Å². The molecule has 6 heteroatoms. The highest BCUT2D eigenvalue weighted by molar-refractivity contribution is 6.74. The summed E-state index contributed by atoms with van der Waals surface area (Å²) in [5.41, 5.74) is 4.09. The van der Waals surface area contributed by atoms with Crippen molar-refractivity contribution in [3.8, 4) is 0 Å². The zero-order valence-electron chi connectivity index (χ0n) is 29.8. The monoisotopic (exact) mass is 628 g/mol. The van der Waals surface area contributed by atoms with Crippen LogP contribution in [0.25, 0.3) is 0 Å². The lowest BCUT2D eigenvalue weighted by Crippen LogP contribution is -2.44. The topological polar surface area (TPSA) is 44.8 Å². The van der Waals surface area contributed by atoms with Crippen molar-refractivity contribution in [1.29, 1.82) is 0 Å². The predicted octanol–water partition coefficient (Wildman–Crippen LogP) is 11.4. The lowest BCUT2D eigenvalue weighted by molar-refractivity contribution is -0.140. The van der Waals surface area contributed by atoms with Crippen LogP contribution in [0.5, 0.6) is 0 Å². The summed E-state index contributed by atoms with van der Waals surface area (Å²) in [7, 11) is -2.40. The van der Waals surface area contributed by atoms with Gasteiger partial charge in [-0.1, -0.05) is 116 Å². The molecule has 1 aromatic rings. The fourth-order valence-corrected chi connectivity index (χ4v) is 7.87. The third-order valence-electron chi connectivity index (χ3n) is 10.1. The number of unbranched alkanes of at least 4 members (excludes halogenated alkanes) is 3. The predicted molar refractivity (Wildman–Crippen MR) is 189 cm³/mol. The maximum absolute atomic E-state index is 11.4. The number of hydrogen-bond donors (Lipinski definition) is 0. The maximum Gasteiger partial charge on any atom is 0.305 e. The van der Waals surface area contributed by atoms with Crippen molar-refractivity contribution < 1.29 is 18.4 Å². The average molecular weight is 629 g/mol. The normalized spacial score (nSPS) is 19.1. The molecule has 1 aromatic carbocycles. The summed E-state index contributed by atoms with van der Waals surface area (Å²) in [6.45, 7) is 25.7. The van der Waals surface area contributed by atoms with E-state index in [1.807, 2.05) is 0 Å². The van der Waals surface area contributed by atoms with Gasteiger partial charge in [-0.15, -0.1) is 0 Å². The lowest BCUT2D eigenvalue weighted by atomic mass is 9.88. The van der Waals surface area contributed by atoms with Gasteiger partial charge in [0.1, 0.15) is 0 Å². The third-order valence-corrected chi connectivity index (χ3v) is 19.1. The van der Waals surface area contributed by atoms with Gasteiger partial charge < -0.3 is 13.6 Å².